The van der Waals surface area contributed by atoms with Gasteiger partial charge in [-0.1, -0.05) is 31.9 Å². The summed E-state index contributed by atoms with van der Waals surface area (Å²) in [5.74, 6) is -0.499. The second kappa shape index (κ2) is 6.49. The van der Waals surface area contributed by atoms with Crippen LogP contribution in [0.1, 0.15) is 17.2 Å². The van der Waals surface area contributed by atoms with E-state index in [0.29, 0.717) is 0 Å². The van der Waals surface area contributed by atoms with Crippen molar-refractivity contribution in [3.63, 3.8) is 0 Å². The molecule has 94 valence electrons. The summed E-state index contributed by atoms with van der Waals surface area (Å²) >= 11 is 6.90. The maximum absolute atomic E-state index is 10.5. The fourth-order valence-corrected chi connectivity index (χ4v) is 2.44. The predicted octanol–water partition coefficient (Wildman–Crippen LogP) is 2.02. The fraction of sp³-hybridized carbons (Fsp3) is 0.364. The predicted molar refractivity (Wildman–Crippen MR) is 73.5 cm³/mol. The van der Waals surface area contributed by atoms with Gasteiger partial charge in [-0.15, -0.1) is 0 Å². The summed E-state index contributed by atoms with van der Waals surface area (Å²) in [5.41, 5.74) is 13.0. The minimum absolute atomic E-state index is 0.113. The third-order valence-electron chi connectivity index (χ3n) is 2.22. The summed E-state index contributed by atoms with van der Waals surface area (Å²) in [6.07, 6.45) is 0. The number of amides is 1. The number of ether oxygens (including phenoxy) is 1. The first-order valence-corrected chi connectivity index (χ1v) is 6.57. The highest BCUT2D eigenvalue weighted by Gasteiger charge is 2.12. The quantitative estimate of drug-likeness (QED) is 0.837. The van der Waals surface area contributed by atoms with Gasteiger partial charge >= 0.3 is 0 Å². The van der Waals surface area contributed by atoms with Crippen molar-refractivity contribution in [1.82, 2.24) is 0 Å². The van der Waals surface area contributed by atoms with Crippen LogP contribution in [-0.2, 0) is 9.53 Å². The average molecular weight is 366 g/mol. The number of halogens is 2. The number of carbonyl (C=O) groups is 1. The number of benzene rings is 1. The van der Waals surface area contributed by atoms with E-state index in [2.05, 4.69) is 31.9 Å². The number of rotatable bonds is 5. The molecule has 4 nitrogen and oxygen atoms in total. The van der Waals surface area contributed by atoms with E-state index in [4.69, 9.17) is 16.2 Å². The molecule has 0 saturated heterocycles. The van der Waals surface area contributed by atoms with Crippen molar-refractivity contribution in [1.29, 1.82) is 0 Å². The van der Waals surface area contributed by atoms with Gasteiger partial charge in [0.25, 0.3) is 0 Å². The molecule has 0 aromatic heterocycles. The Morgan fingerprint density at radius 3 is 2.65 bits per heavy atom. The van der Waals surface area contributed by atoms with Gasteiger partial charge in [-0.05, 0) is 30.2 Å². The Bertz CT molecular complexity index is 424. The van der Waals surface area contributed by atoms with E-state index < -0.39 is 5.91 Å². The van der Waals surface area contributed by atoms with Crippen LogP contribution in [0.2, 0.25) is 0 Å². The van der Waals surface area contributed by atoms with Crippen LogP contribution in [0.5, 0.6) is 0 Å². The first-order valence-electron chi connectivity index (χ1n) is 4.99. The van der Waals surface area contributed by atoms with Crippen molar-refractivity contribution in [2.24, 2.45) is 11.5 Å². The van der Waals surface area contributed by atoms with E-state index >= 15 is 0 Å². The Hall–Kier alpha value is -0.430. The third-order valence-corrected chi connectivity index (χ3v) is 3.76. The van der Waals surface area contributed by atoms with Crippen molar-refractivity contribution in [2.45, 2.75) is 13.0 Å². The van der Waals surface area contributed by atoms with Gasteiger partial charge in [0.1, 0.15) is 6.61 Å². The zero-order chi connectivity index (χ0) is 13.0. The lowest BCUT2D eigenvalue weighted by molar-refractivity contribution is -0.122. The maximum atomic E-state index is 10.5. The zero-order valence-electron chi connectivity index (χ0n) is 9.37. The molecule has 1 atom stereocenters. The van der Waals surface area contributed by atoms with Gasteiger partial charge in [0.2, 0.25) is 5.91 Å². The second-order valence-corrected chi connectivity index (χ2v) is 5.42. The molecule has 0 radical (unpaired) electrons. The standard InChI is InChI=1S/C11H14Br2N2O2/c1-6-2-9(13)7(3-8(6)12)10(14)4-17-5-11(15)16/h2-3,10H,4-5,14H2,1H3,(H2,15,16). The largest absolute Gasteiger partial charge is 0.370 e. The minimum atomic E-state index is -0.499. The highest BCUT2D eigenvalue weighted by Crippen LogP contribution is 2.28. The molecule has 6 heteroatoms. The van der Waals surface area contributed by atoms with Gasteiger partial charge < -0.3 is 16.2 Å². The Morgan fingerprint density at radius 1 is 1.41 bits per heavy atom. The number of carbonyl (C=O) groups excluding carboxylic acids is 1. The molecule has 1 unspecified atom stereocenters. The lowest BCUT2D eigenvalue weighted by atomic mass is 10.1. The van der Waals surface area contributed by atoms with Gasteiger partial charge in [-0.3, -0.25) is 4.79 Å². The molecular formula is C11H14Br2N2O2. The highest BCUT2D eigenvalue weighted by molar-refractivity contribution is 9.11. The van der Waals surface area contributed by atoms with Crippen molar-refractivity contribution in [2.75, 3.05) is 13.2 Å². The SMILES string of the molecule is Cc1cc(Br)c(C(N)COCC(N)=O)cc1Br. The van der Waals surface area contributed by atoms with Crippen LogP contribution in [0.4, 0.5) is 0 Å². The van der Waals surface area contributed by atoms with Gasteiger partial charge in [-0.2, -0.15) is 0 Å². The average Bonchev–Trinajstić information content (AvgIpc) is 2.22. The van der Waals surface area contributed by atoms with Gasteiger partial charge in [0, 0.05) is 8.95 Å². The molecule has 1 aromatic carbocycles. The summed E-state index contributed by atoms with van der Waals surface area (Å²) in [7, 11) is 0. The molecule has 0 heterocycles. The summed E-state index contributed by atoms with van der Waals surface area (Å²) in [6.45, 7) is 2.13. The normalized spacial score (nSPS) is 12.5. The molecular weight excluding hydrogens is 352 g/mol. The zero-order valence-corrected chi connectivity index (χ0v) is 12.5. The maximum Gasteiger partial charge on any atom is 0.243 e. The van der Waals surface area contributed by atoms with Gasteiger partial charge in [-0.25, -0.2) is 0 Å². The van der Waals surface area contributed by atoms with Crippen LogP contribution >= 0.6 is 31.9 Å². The first-order chi connectivity index (χ1) is 7.91. The Morgan fingerprint density at radius 2 is 2.06 bits per heavy atom. The molecule has 1 rings (SSSR count). The summed E-state index contributed by atoms with van der Waals surface area (Å²) in [5, 5.41) is 0. The van der Waals surface area contributed by atoms with Crippen LogP contribution in [0.25, 0.3) is 0 Å². The Balaban J connectivity index is 2.71. The van der Waals surface area contributed by atoms with Crippen LogP contribution in [0.15, 0.2) is 21.1 Å². The first kappa shape index (κ1) is 14.6. The summed E-state index contributed by atoms with van der Waals surface area (Å²) in [6, 6.07) is 3.62. The molecule has 0 aliphatic carbocycles. The highest BCUT2D eigenvalue weighted by atomic mass is 79.9. The lowest BCUT2D eigenvalue weighted by Crippen LogP contribution is -2.23. The van der Waals surface area contributed by atoms with Gasteiger partial charge in [0.05, 0.1) is 12.6 Å². The lowest BCUT2D eigenvalue weighted by Gasteiger charge is -2.15. The molecule has 1 amide bonds. The Kier molecular flexibility index (Phi) is 5.58. The molecule has 0 spiro atoms. The van der Waals surface area contributed by atoms with Gasteiger partial charge in [0.15, 0.2) is 0 Å². The molecule has 0 fully saturated rings. The molecule has 0 aliphatic heterocycles. The van der Waals surface area contributed by atoms with E-state index in [1.165, 1.54) is 0 Å². The summed E-state index contributed by atoms with van der Waals surface area (Å²) in [4.78, 5) is 10.5. The molecule has 17 heavy (non-hydrogen) atoms. The van der Waals surface area contributed by atoms with Crippen molar-refractivity contribution >= 4 is 37.8 Å². The number of nitrogens with two attached hydrogens (primary N) is 2. The van der Waals surface area contributed by atoms with E-state index in [0.717, 1.165) is 20.1 Å². The molecule has 0 bridgehead atoms. The van der Waals surface area contributed by atoms with E-state index in [-0.39, 0.29) is 19.3 Å². The van der Waals surface area contributed by atoms with E-state index in [9.17, 15) is 4.79 Å². The Labute approximate surface area is 117 Å². The van der Waals surface area contributed by atoms with E-state index in [1.54, 1.807) is 0 Å². The minimum Gasteiger partial charge on any atom is -0.370 e. The molecule has 1 aromatic rings. The number of primary amides is 1. The molecule has 0 saturated carbocycles. The fourth-order valence-electron chi connectivity index (χ4n) is 1.32. The van der Waals surface area contributed by atoms with Crippen molar-refractivity contribution in [3.8, 4) is 0 Å². The topological polar surface area (TPSA) is 78.3 Å². The number of hydrogen-bond acceptors (Lipinski definition) is 3. The smallest absolute Gasteiger partial charge is 0.243 e. The second-order valence-electron chi connectivity index (χ2n) is 3.71. The number of hydrogen-bond donors (Lipinski definition) is 2. The molecule has 0 aliphatic rings. The number of aryl methyl sites for hydroxylation is 1. The van der Waals surface area contributed by atoms with Crippen LogP contribution < -0.4 is 11.5 Å². The van der Waals surface area contributed by atoms with E-state index in [1.807, 2.05) is 19.1 Å². The summed E-state index contributed by atoms with van der Waals surface area (Å²) < 4.78 is 7.01. The van der Waals surface area contributed by atoms with Crippen molar-refractivity contribution < 1.29 is 9.53 Å². The van der Waals surface area contributed by atoms with Crippen molar-refractivity contribution in [3.05, 3.63) is 32.2 Å². The van der Waals surface area contributed by atoms with Crippen LogP contribution in [-0.4, -0.2) is 19.1 Å². The van der Waals surface area contributed by atoms with Crippen LogP contribution in [0.3, 0.4) is 0 Å². The third kappa shape index (κ3) is 4.39. The monoisotopic (exact) mass is 364 g/mol. The van der Waals surface area contributed by atoms with Crippen LogP contribution in [0, 0.1) is 6.92 Å². The molecule has 4 N–H and O–H groups in total.